The van der Waals surface area contributed by atoms with Crippen molar-refractivity contribution >= 4 is 0 Å². The maximum absolute atomic E-state index is 3.80. The Hall–Kier alpha value is -3.64. The van der Waals surface area contributed by atoms with Crippen molar-refractivity contribution in [3.63, 3.8) is 0 Å². The molecule has 0 bridgehead atoms. The van der Waals surface area contributed by atoms with Crippen LogP contribution in [-0.2, 0) is 0 Å². The maximum atomic E-state index is 3.80. The highest BCUT2D eigenvalue weighted by Crippen LogP contribution is 2.39. The second-order valence-electron chi connectivity index (χ2n) is 40.9. The third-order valence-electron chi connectivity index (χ3n) is 29.2. The van der Waals surface area contributed by atoms with Crippen LogP contribution in [0.5, 0.6) is 0 Å². The first kappa shape index (κ1) is 120. The van der Waals surface area contributed by atoms with Crippen LogP contribution in [-0.4, -0.2) is 0 Å². The van der Waals surface area contributed by atoms with Crippen molar-refractivity contribution in [2.24, 2.45) is 82.9 Å². The zero-order valence-electron chi connectivity index (χ0n) is 87.6. The van der Waals surface area contributed by atoms with Gasteiger partial charge in [0.15, 0.2) is 0 Å². The van der Waals surface area contributed by atoms with Crippen LogP contribution in [0.25, 0.3) is 0 Å². The van der Waals surface area contributed by atoms with Gasteiger partial charge in [-0.2, -0.15) is 0 Å². The Balaban J connectivity index is 0.000000737. The van der Waals surface area contributed by atoms with E-state index in [2.05, 4.69) is 261 Å². The molecular formula is C126H224. The molecule has 0 spiro atoms. The molecule has 0 amide bonds. The predicted octanol–water partition coefficient (Wildman–Crippen LogP) is 44.0. The number of unbranched alkanes of at least 4 members (excludes halogenated alkanes) is 17. The van der Waals surface area contributed by atoms with Crippen molar-refractivity contribution in [3.8, 4) is 0 Å². The van der Waals surface area contributed by atoms with E-state index in [4.69, 9.17) is 0 Å². The Morgan fingerprint density at radius 3 is 0.563 bits per heavy atom. The lowest BCUT2D eigenvalue weighted by Gasteiger charge is -2.26. The summed E-state index contributed by atoms with van der Waals surface area (Å²) >= 11 is 0. The Kier molecular flexibility index (Phi) is 90.3. The average Bonchev–Trinajstić information content (AvgIpc) is 0.955. The molecule has 0 heterocycles. The molecule has 0 nitrogen and oxygen atoms in total. The van der Waals surface area contributed by atoms with Crippen molar-refractivity contribution in [2.75, 3.05) is 0 Å². The van der Waals surface area contributed by atoms with Gasteiger partial charge in [0.05, 0.1) is 0 Å². The van der Waals surface area contributed by atoms with Crippen molar-refractivity contribution < 1.29 is 0 Å². The summed E-state index contributed by atoms with van der Waals surface area (Å²) in [5.41, 5.74) is 0. The molecule has 0 aromatic heterocycles. The third kappa shape index (κ3) is 75.8. The first-order valence-corrected chi connectivity index (χ1v) is 57.2. The normalized spacial score (nSPS) is 25.1. The fourth-order valence-corrected chi connectivity index (χ4v) is 20.3. The standard InChI is InChI=1S/C21H38.C20H36.C19H34.C18H32.C17H30.C16H28.C15H26/c1-3-5-7-8-9-10-11-13-15-21-18-16-20(17-19-21)14-12-6-4-2;1-3-5-7-8-9-10-12-14-20-17-15-19(16-18-20)13-11-6-4-2;1-3-5-7-8-9-11-13-19-16-14-18(15-17-19)12-10-6-4-2;1-3-5-7-8-10-12-18-15-13-17(14-16-18)11-9-6-4-2;1-3-5-7-9-11-17-14-12-16(13-15-17)10-8-6-4-2;1-3-5-7-9-15-11-13-16(14-12-15)10-8-6-4-2;1-3-5-7-9-15-12-10-14(11-13-15)8-6-4-2/h10-12,14,20-21H,3-9,13,15-19H2,1-2H3;9-11,13,19-20H,3-8,12,14-18H2,1-2H3;8-10,12,18-19H,3-7,11,13-17H2,1-2H3;7-9,11,17-18H,3-6,10,12-16H2,1-2H3;5,7-8,10,16-17H,3-4,6,9,11-15H2,1-2H3;3,5,8,10,15-16H,4,6-7,9,11-14H2,1-2H3;4,7,9,14-15H,2-3,5-6,8,10-13H2,1H3/b11-10+,14-12+;10-9+,13-11+;9-8+,12-10+;8-7+,11-9+;7-5+,10-8+;5-3+,10-8+;9-7+. The van der Waals surface area contributed by atoms with Crippen LogP contribution < -0.4 is 0 Å². The highest BCUT2D eigenvalue weighted by atomic mass is 14.3. The molecule has 0 heteroatoms. The van der Waals surface area contributed by atoms with E-state index in [1.165, 1.54) is 456 Å². The first-order valence-electron chi connectivity index (χ1n) is 57.2. The van der Waals surface area contributed by atoms with Gasteiger partial charge in [-0.1, -0.05) is 343 Å². The molecule has 0 saturated heterocycles. The zero-order valence-corrected chi connectivity index (χ0v) is 87.6. The molecule has 126 heavy (non-hydrogen) atoms. The van der Waals surface area contributed by atoms with Crippen LogP contribution in [0.3, 0.4) is 0 Å². The summed E-state index contributed by atoms with van der Waals surface area (Å²) in [4.78, 5) is 0. The van der Waals surface area contributed by atoms with Gasteiger partial charge in [0, 0.05) is 0 Å². The van der Waals surface area contributed by atoms with Gasteiger partial charge in [0.25, 0.3) is 0 Å². The van der Waals surface area contributed by atoms with Crippen LogP contribution in [0.2, 0.25) is 0 Å². The van der Waals surface area contributed by atoms with E-state index < -0.39 is 0 Å². The molecule has 7 fully saturated rings. The SMILES string of the molecule is C/C=C/CCC1CCC(/C=C/CCC)CC1.C=CCCC1CCC(/C=C/CCC)CC1.CC/C=C/CCC1CCC(/C=C/CCC)CC1.CCC/C=C/C1CCC(CC/C=C/CCCC)CC1.CCC/C=C/C1CCC(CC/C=C/CCCCC)CC1.CCC/C=C/C1CCC(CC/C=C/CCCCCC)CC1.CCC/C=C/CCC1CCC(/C=C/CCC)CC1. The zero-order chi connectivity index (χ0) is 91.4. The average molecular weight is 1740 g/mol. The largest absolute Gasteiger partial charge is 0.103 e. The van der Waals surface area contributed by atoms with Crippen molar-refractivity contribution in [1.82, 2.24) is 0 Å². The summed E-state index contributed by atoms with van der Waals surface area (Å²) in [7, 11) is 0. The van der Waals surface area contributed by atoms with Crippen LogP contribution in [0, 0.1) is 82.9 Å². The number of rotatable bonds is 57. The smallest absolute Gasteiger partial charge is 0.0233 e. The lowest BCUT2D eigenvalue weighted by molar-refractivity contribution is 0.297. The first-order chi connectivity index (χ1) is 62.0. The molecule has 0 radical (unpaired) electrons. The van der Waals surface area contributed by atoms with Crippen molar-refractivity contribution in [2.45, 2.75) is 546 Å². The Morgan fingerprint density at radius 2 is 0.349 bits per heavy atom. The van der Waals surface area contributed by atoms with Gasteiger partial charge >= 0.3 is 0 Å². The Morgan fingerprint density at radius 1 is 0.167 bits per heavy atom. The molecule has 7 rings (SSSR count). The minimum Gasteiger partial charge on any atom is -0.103 e. The Bertz CT molecular complexity index is 2600. The van der Waals surface area contributed by atoms with Crippen molar-refractivity contribution in [3.05, 3.63) is 171 Å². The van der Waals surface area contributed by atoms with E-state index in [0.717, 1.165) is 82.9 Å². The van der Waals surface area contributed by atoms with Crippen molar-refractivity contribution in [1.29, 1.82) is 0 Å². The van der Waals surface area contributed by atoms with Gasteiger partial charge in [-0.3, -0.25) is 0 Å². The molecule has 0 unspecified atom stereocenters. The number of hydrogen-bond donors (Lipinski definition) is 0. The van der Waals surface area contributed by atoms with E-state index >= 15 is 0 Å². The summed E-state index contributed by atoms with van der Waals surface area (Å²) in [6.45, 7) is 33.0. The fourth-order valence-electron chi connectivity index (χ4n) is 20.3. The molecule has 0 aromatic carbocycles. The number of hydrogen-bond acceptors (Lipinski definition) is 0. The van der Waals surface area contributed by atoms with Crippen LogP contribution in [0.1, 0.15) is 546 Å². The lowest BCUT2D eigenvalue weighted by Crippen LogP contribution is -2.12. The quantitative estimate of drug-likeness (QED) is 0.0421. The van der Waals surface area contributed by atoms with Crippen LogP contribution in [0.15, 0.2) is 171 Å². The highest BCUT2D eigenvalue weighted by molar-refractivity contribution is 4.99. The van der Waals surface area contributed by atoms with E-state index in [1.54, 1.807) is 0 Å². The molecular weight excluding hydrogens is 1510 g/mol. The summed E-state index contributed by atoms with van der Waals surface area (Å²) in [5, 5.41) is 0. The van der Waals surface area contributed by atoms with Gasteiger partial charge in [0.1, 0.15) is 0 Å². The molecule has 728 valence electrons. The summed E-state index contributed by atoms with van der Waals surface area (Å²) in [5.74, 6) is 13.3. The Labute approximate surface area is 794 Å². The van der Waals surface area contributed by atoms with E-state index in [0.29, 0.717) is 0 Å². The lowest BCUT2D eigenvalue weighted by atomic mass is 9.80. The topological polar surface area (TPSA) is 0 Å². The molecule has 7 saturated carbocycles. The molecule has 7 aliphatic carbocycles. The second kappa shape index (κ2) is 94.6. The summed E-state index contributed by atoms with van der Waals surface area (Å²) < 4.78 is 0. The summed E-state index contributed by atoms with van der Waals surface area (Å²) in [6.07, 6.45) is 162. The van der Waals surface area contributed by atoms with E-state index in [-0.39, 0.29) is 0 Å². The summed E-state index contributed by atoms with van der Waals surface area (Å²) in [6, 6.07) is 0. The van der Waals surface area contributed by atoms with Gasteiger partial charge < -0.3 is 0 Å². The molecule has 7 aliphatic rings. The molecule has 0 aromatic rings. The van der Waals surface area contributed by atoms with Crippen LogP contribution in [0.4, 0.5) is 0 Å². The molecule has 0 atom stereocenters. The van der Waals surface area contributed by atoms with Gasteiger partial charge in [0.2, 0.25) is 0 Å². The molecule has 0 aliphatic heterocycles. The fraction of sp³-hybridized carbons (Fsp3) is 0.778. The van der Waals surface area contributed by atoms with Gasteiger partial charge in [-0.25, -0.2) is 0 Å². The maximum Gasteiger partial charge on any atom is -0.0233 e. The van der Waals surface area contributed by atoms with Crippen LogP contribution >= 0.6 is 0 Å². The minimum atomic E-state index is 0.886. The monoisotopic (exact) mass is 1740 g/mol. The molecule has 0 N–H and O–H groups in total. The highest BCUT2D eigenvalue weighted by Gasteiger charge is 2.25. The van der Waals surface area contributed by atoms with E-state index in [1.807, 2.05) is 0 Å². The minimum absolute atomic E-state index is 0.886. The predicted molar refractivity (Wildman–Crippen MR) is 579 cm³/mol. The third-order valence-corrected chi connectivity index (χ3v) is 29.2. The van der Waals surface area contributed by atoms with E-state index in [9.17, 15) is 0 Å². The van der Waals surface area contributed by atoms with Gasteiger partial charge in [-0.15, -0.1) is 6.58 Å². The number of allylic oxidation sites excluding steroid dienone is 27. The van der Waals surface area contributed by atoms with Gasteiger partial charge in [-0.05, 0) is 449 Å². The second-order valence-corrected chi connectivity index (χ2v) is 40.9.